The summed E-state index contributed by atoms with van der Waals surface area (Å²) in [6.07, 6.45) is 12.9. The molecule has 0 aromatic heterocycles. The van der Waals surface area contributed by atoms with E-state index < -0.39 is 11.4 Å². The molecule has 0 fully saturated rings. The van der Waals surface area contributed by atoms with Crippen molar-refractivity contribution in [3.63, 3.8) is 0 Å². The summed E-state index contributed by atoms with van der Waals surface area (Å²) in [5, 5.41) is 9.75. The summed E-state index contributed by atoms with van der Waals surface area (Å²) in [7, 11) is 0. The van der Waals surface area contributed by atoms with Gasteiger partial charge in [0.2, 0.25) is 0 Å². The van der Waals surface area contributed by atoms with Gasteiger partial charge in [0.25, 0.3) is 0 Å². The Bertz CT molecular complexity index is 945. The van der Waals surface area contributed by atoms with Crippen molar-refractivity contribution in [3.05, 3.63) is 54.1 Å². The third-order valence-electron chi connectivity index (χ3n) is 7.41. The number of hydrogen-bond donors (Lipinski definition) is 0. The summed E-state index contributed by atoms with van der Waals surface area (Å²) in [6.45, 7) is 9.05. The first-order valence-corrected chi connectivity index (χ1v) is 14.3. The summed E-state index contributed by atoms with van der Waals surface area (Å²) in [4.78, 5) is 12.8. The van der Waals surface area contributed by atoms with Gasteiger partial charge in [0.05, 0.1) is 12.7 Å². The molecule has 0 bridgehead atoms. The average Bonchev–Trinajstić information content (AvgIpc) is 2.93. The van der Waals surface area contributed by atoms with Gasteiger partial charge in [-0.15, -0.1) is 0 Å². The maximum absolute atomic E-state index is 12.8. The van der Waals surface area contributed by atoms with Crippen LogP contribution in [-0.2, 0) is 16.1 Å². The normalized spacial score (nSPS) is 13.4. The second-order valence-corrected chi connectivity index (χ2v) is 10.5. The molecule has 0 aliphatic carbocycles. The Morgan fingerprint density at radius 3 is 1.97 bits per heavy atom. The Labute approximate surface area is 225 Å². The van der Waals surface area contributed by atoms with Gasteiger partial charge in [-0.25, -0.2) is 0 Å². The molecule has 4 heteroatoms. The maximum Gasteiger partial charge on any atom is 0.326 e. The summed E-state index contributed by atoms with van der Waals surface area (Å²) in [5.41, 5.74) is 2.00. The van der Waals surface area contributed by atoms with Crippen LogP contribution in [0.5, 0.6) is 5.75 Å². The zero-order valence-electron chi connectivity index (χ0n) is 23.6. The number of ether oxygens (including phenoxy) is 2. The Morgan fingerprint density at radius 2 is 1.38 bits per heavy atom. The molecule has 0 aliphatic heterocycles. The van der Waals surface area contributed by atoms with Gasteiger partial charge in [-0.2, -0.15) is 5.26 Å². The lowest BCUT2D eigenvalue weighted by Crippen LogP contribution is -2.34. The minimum absolute atomic E-state index is 0.0398. The number of benzene rings is 2. The highest BCUT2D eigenvalue weighted by atomic mass is 16.5. The SMILES string of the molecule is CCCCCCCCOc1ccc(-c2ccc(COC(=O)[C@@](C)(C#N)[C@H](C)CCCCCC)cc2)cc1. The van der Waals surface area contributed by atoms with E-state index >= 15 is 0 Å². The monoisotopic (exact) mass is 505 g/mol. The quantitative estimate of drug-likeness (QED) is 0.150. The number of nitriles is 1. The summed E-state index contributed by atoms with van der Waals surface area (Å²) in [6, 6.07) is 18.5. The Kier molecular flexibility index (Phi) is 13.9. The molecular formula is C33H47NO3. The molecule has 37 heavy (non-hydrogen) atoms. The minimum Gasteiger partial charge on any atom is -0.494 e. The fraction of sp³-hybridized carbons (Fsp3) is 0.576. The molecule has 0 heterocycles. The highest BCUT2D eigenvalue weighted by Crippen LogP contribution is 2.33. The van der Waals surface area contributed by atoms with Gasteiger partial charge >= 0.3 is 5.97 Å². The van der Waals surface area contributed by atoms with E-state index in [0.717, 1.165) is 54.7 Å². The van der Waals surface area contributed by atoms with Gasteiger partial charge in [-0.3, -0.25) is 4.79 Å². The molecule has 0 aliphatic rings. The van der Waals surface area contributed by atoms with Crippen LogP contribution >= 0.6 is 0 Å². The molecule has 202 valence electrons. The van der Waals surface area contributed by atoms with Crippen LogP contribution in [0.15, 0.2) is 48.5 Å². The largest absolute Gasteiger partial charge is 0.494 e. The van der Waals surface area contributed by atoms with Gasteiger partial charge in [-0.1, -0.05) is 115 Å². The van der Waals surface area contributed by atoms with Crippen molar-refractivity contribution in [1.82, 2.24) is 0 Å². The zero-order chi connectivity index (χ0) is 26.9. The molecule has 2 aromatic rings. The third-order valence-corrected chi connectivity index (χ3v) is 7.41. The topological polar surface area (TPSA) is 59.3 Å². The number of unbranched alkanes of at least 4 members (excludes halogenated alkanes) is 8. The van der Waals surface area contributed by atoms with Crippen molar-refractivity contribution in [2.75, 3.05) is 6.61 Å². The van der Waals surface area contributed by atoms with E-state index in [-0.39, 0.29) is 12.5 Å². The molecular weight excluding hydrogens is 458 g/mol. The number of rotatable bonds is 18. The number of esters is 1. The first-order valence-electron chi connectivity index (χ1n) is 14.3. The van der Waals surface area contributed by atoms with Crippen molar-refractivity contribution in [1.29, 1.82) is 5.26 Å². The molecule has 0 amide bonds. The second kappa shape index (κ2) is 16.8. The molecule has 4 nitrogen and oxygen atoms in total. The highest BCUT2D eigenvalue weighted by molar-refractivity contribution is 5.80. The average molecular weight is 506 g/mol. The molecule has 0 saturated heterocycles. The van der Waals surface area contributed by atoms with Crippen LogP contribution in [0.25, 0.3) is 11.1 Å². The van der Waals surface area contributed by atoms with Gasteiger partial charge in [0.1, 0.15) is 12.4 Å². The summed E-state index contributed by atoms with van der Waals surface area (Å²) in [5.74, 6) is 0.432. The summed E-state index contributed by atoms with van der Waals surface area (Å²) < 4.78 is 11.5. The molecule has 0 unspecified atom stereocenters. The van der Waals surface area contributed by atoms with Gasteiger partial charge in [0.15, 0.2) is 5.41 Å². The maximum atomic E-state index is 12.8. The lowest BCUT2D eigenvalue weighted by Gasteiger charge is -2.26. The lowest BCUT2D eigenvalue weighted by molar-refractivity contribution is -0.155. The van der Waals surface area contributed by atoms with E-state index in [1.54, 1.807) is 6.92 Å². The van der Waals surface area contributed by atoms with Crippen LogP contribution in [0, 0.1) is 22.7 Å². The first kappa shape index (κ1) is 30.4. The van der Waals surface area contributed by atoms with Crippen molar-refractivity contribution >= 4 is 5.97 Å². The van der Waals surface area contributed by atoms with Crippen LogP contribution in [0.1, 0.15) is 104 Å². The zero-order valence-corrected chi connectivity index (χ0v) is 23.6. The van der Waals surface area contributed by atoms with Crippen LogP contribution in [0.3, 0.4) is 0 Å². The third kappa shape index (κ3) is 10.2. The van der Waals surface area contributed by atoms with E-state index in [2.05, 4.69) is 32.0 Å². The van der Waals surface area contributed by atoms with E-state index in [1.165, 1.54) is 44.9 Å². The number of nitrogens with zero attached hydrogens (tertiary/aromatic N) is 1. The van der Waals surface area contributed by atoms with Gasteiger partial charge < -0.3 is 9.47 Å². The van der Waals surface area contributed by atoms with Crippen molar-refractivity contribution < 1.29 is 14.3 Å². The molecule has 2 rings (SSSR count). The first-order chi connectivity index (χ1) is 17.9. The number of carbonyl (C=O) groups excluding carboxylic acids is 1. The Hall–Kier alpha value is -2.80. The van der Waals surface area contributed by atoms with E-state index in [0.29, 0.717) is 0 Å². The minimum atomic E-state index is -1.12. The van der Waals surface area contributed by atoms with Crippen molar-refractivity contribution in [2.45, 2.75) is 105 Å². The standard InChI is InChI=1S/C33H47NO3/c1-5-7-9-11-12-14-24-36-31-22-20-30(21-23-31)29-18-16-28(17-19-29)25-37-32(35)33(4,26-34)27(3)15-13-10-8-6-2/h16-23,27H,5-15,24-25H2,1-4H3/t27-,33+/m1/s1. The number of carbonyl (C=O) groups is 1. The summed E-state index contributed by atoms with van der Waals surface area (Å²) >= 11 is 0. The highest BCUT2D eigenvalue weighted by Gasteiger charge is 2.40. The second-order valence-electron chi connectivity index (χ2n) is 10.5. The molecule has 2 aromatic carbocycles. The molecule has 0 N–H and O–H groups in total. The van der Waals surface area contributed by atoms with Gasteiger partial charge in [0, 0.05) is 0 Å². The predicted molar refractivity (Wildman–Crippen MR) is 152 cm³/mol. The fourth-order valence-corrected chi connectivity index (χ4v) is 4.43. The van der Waals surface area contributed by atoms with Crippen LogP contribution in [0.4, 0.5) is 0 Å². The Balaban J connectivity index is 1.82. The molecule has 2 atom stereocenters. The van der Waals surface area contributed by atoms with Crippen LogP contribution in [0.2, 0.25) is 0 Å². The Morgan fingerprint density at radius 1 is 0.838 bits per heavy atom. The van der Waals surface area contributed by atoms with E-state index in [9.17, 15) is 10.1 Å². The van der Waals surface area contributed by atoms with Crippen LogP contribution in [-0.4, -0.2) is 12.6 Å². The van der Waals surface area contributed by atoms with Crippen LogP contribution < -0.4 is 4.74 Å². The van der Waals surface area contributed by atoms with Crippen molar-refractivity contribution in [3.8, 4) is 22.9 Å². The molecule has 0 radical (unpaired) electrons. The fourth-order valence-electron chi connectivity index (χ4n) is 4.43. The van der Waals surface area contributed by atoms with E-state index in [1.807, 2.05) is 43.3 Å². The smallest absolute Gasteiger partial charge is 0.326 e. The van der Waals surface area contributed by atoms with Gasteiger partial charge in [-0.05, 0) is 54.5 Å². The van der Waals surface area contributed by atoms with Crippen molar-refractivity contribution in [2.24, 2.45) is 11.3 Å². The molecule has 0 spiro atoms. The van der Waals surface area contributed by atoms with E-state index in [4.69, 9.17) is 9.47 Å². The molecule has 0 saturated carbocycles. The lowest BCUT2D eigenvalue weighted by atomic mass is 9.76. The number of hydrogen-bond acceptors (Lipinski definition) is 4. The predicted octanol–water partition coefficient (Wildman–Crippen LogP) is 9.27.